The summed E-state index contributed by atoms with van der Waals surface area (Å²) in [5.74, 6) is 0. The Morgan fingerprint density at radius 2 is 0.850 bits per heavy atom. The van der Waals surface area contributed by atoms with Crippen LogP contribution in [0.25, 0.3) is 0 Å². The molecule has 0 radical (unpaired) electrons. The van der Waals surface area contributed by atoms with Crippen LogP contribution in [-0.2, 0) is 26.6 Å². The van der Waals surface area contributed by atoms with Crippen molar-refractivity contribution in [2.45, 2.75) is 63.5 Å². The zero-order valence-corrected chi connectivity index (χ0v) is 27.5. The van der Waals surface area contributed by atoms with Gasteiger partial charge in [0.25, 0.3) is 0 Å². The van der Waals surface area contributed by atoms with Gasteiger partial charge in [0, 0.05) is 80.9 Å². The number of unbranched alkanes of at least 4 members (excludes halogenated alkanes) is 5. The van der Waals surface area contributed by atoms with Gasteiger partial charge in [-0.15, -0.1) is 0 Å². The minimum atomic E-state index is -2.58. The number of amides is 4. The number of allylic oxidation sites excluding steroid dienone is 2. The fourth-order valence-electron chi connectivity index (χ4n) is 3.83. The van der Waals surface area contributed by atoms with Gasteiger partial charge >= 0.3 is 29.7 Å². The van der Waals surface area contributed by atoms with Crippen LogP contribution in [0.5, 0.6) is 0 Å². The lowest BCUT2D eigenvalue weighted by molar-refractivity contribution is 0.122. The van der Waals surface area contributed by atoms with Gasteiger partial charge in [-0.05, 0) is 38.5 Å². The molecule has 0 heterocycles. The summed E-state index contributed by atoms with van der Waals surface area (Å²) in [4.78, 5) is 23.7. The van der Waals surface area contributed by atoms with Crippen molar-refractivity contribution in [1.29, 1.82) is 0 Å². The number of urea groups is 2. The molecule has 0 saturated heterocycles. The van der Waals surface area contributed by atoms with Gasteiger partial charge in [0.1, 0.15) is 0 Å². The van der Waals surface area contributed by atoms with Gasteiger partial charge in [0.15, 0.2) is 0 Å². The molecular weight excluding hydrogens is 552 g/mol. The molecule has 4 N–H and O–H groups in total. The van der Waals surface area contributed by atoms with Gasteiger partial charge in [-0.2, -0.15) is 0 Å². The summed E-state index contributed by atoms with van der Waals surface area (Å²) in [5, 5.41) is 11.3. The number of hydrogen-bond donors (Lipinski definition) is 4. The number of carbonyl (C=O) groups is 2. The third-order valence-corrected chi connectivity index (χ3v) is 12.0. The van der Waals surface area contributed by atoms with Crippen LogP contribution in [0.15, 0.2) is 24.3 Å². The van der Waals surface area contributed by atoms with Crippen LogP contribution in [0.4, 0.5) is 9.59 Å². The van der Waals surface area contributed by atoms with Crippen LogP contribution in [0.3, 0.4) is 0 Å². The van der Waals surface area contributed by atoms with Crippen molar-refractivity contribution < 1.29 is 36.1 Å². The molecule has 0 aliphatic carbocycles. The average Bonchev–Trinajstić information content (AvgIpc) is 2.98. The maximum absolute atomic E-state index is 11.8. The van der Waals surface area contributed by atoms with E-state index in [0.717, 1.165) is 38.5 Å². The summed E-state index contributed by atoms with van der Waals surface area (Å²) >= 11 is 0. The van der Waals surface area contributed by atoms with Crippen LogP contribution < -0.4 is 21.3 Å². The molecule has 0 rings (SSSR count). The molecule has 0 atom stereocenters. The van der Waals surface area contributed by atoms with Gasteiger partial charge in [-0.25, -0.2) is 9.59 Å². The molecule has 0 spiro atoms. The maximum atomic E-state index is 11.8. The van der Waals surface area contributed by atoms with E-state index in [1.165, 1.54) is 12.8 Å². The maximum Gasteiger partial charge on any atom is 0.500 e. The van der Waals surface area contributed by atoms with Crippen molar-refractivity contribution in [3.8, 4) is 0 Å². The van der Waals surface area contributed by atoms with E-state index in [-0.39, 0.29) is 12.1 Å². The lowest BCUT2D eigenvalue weighted by Gasteiger charge is -2.24. The molecule has 0 aromatic rings. The highest BCUT2D eigenvalue weighted by Gasteiger charge is 2.37. The first-order chi connectivity index (χ1) is 19.4. The summed E-state index contributed by atoms with van der Waals surface area (Å²) in [5.41, 5.74) is 0. The Balaban J connectivity index is 3.62. The Bertz CT molecular complexity index is 634. The normalized spacial score (nSPS) is 12.2. The van der Waals surface area contributed by atoms with Crippen molar-refractivity contribution in [1.82, 2.24) is 21.3 Å². The predicted octanol–water partition coefficient (Wildman–Crippen LogP) is 3.57. The minimum absolute atomic E-state index is 0.187. The zero-order chi connectivity index (χ0) is 30.0. The van der Waals surface area contributed by atoms with Crippen molar-refractivity contribution >= 4 is 29.7 Å². The summed E-state index contributed by atoms with van der Waals surface area (Å²) in [7, 11) is 4.34. The second-order valence-corrected chi connectivity index (χ2v) is 15.2. The third-order valence-electron chi connectivity index (χ3n) is 6.34. The number of nitrogens with one attached hydrogen (secondary N) is 4. The standard InChI is InChI=1S/C26H54N4O8Si2/c1-33-39(34-2,35-3)23-17-21-29-25(31)27-19-15-13-11-9-7-8-10-12-14-16-20-28-26(32)30-22-18-24-40(36-4,37-5)38-6/h13-16H,7-12,17-24H2,1-6H3,(H2,27,29,31)(H2,28,30,32)/b15-13+,16-14+. The Kier molecular flexibility index (Phi) is 23.9. The number of carbonyl (C=O) groups excluding carboxylic acids is 2. The van der Waals surface area contributed by atoms with Crippen LogP contribution in [0, 0.1) is 0 Å². The molecule has 0 fully saturated rings. The smallest absolute Gasteiger partial charge is 0.377 e. The Labute approximate surface area is 243 Å². The van der Waals surface area contributed by atoms with Crippen molar-refractivity contribution in [3.63, 3.8) is 0 Å². The summed E-state index contributed by atoms with van der Waals surface area (Å²) in [6, 6.07) is 0.919. The van der Waals surface area contributed by atoms with E-state index in [1.807, 2.05) is 12.2 Å². The largest absolute Gasteiger partial charge is 0.500 e. The van der Waals surface area contributed by atoms with Crippen LogP contribution in [0.2, 0.25) is 12.1 Å². The summed E-state index contributed by atoms with van der Waals surface area (Å²) in [6.07, 6.45) is 16.2. The number of hydrogen-bond acceptors (Lipinski definition) is 8. The van der Waals surface area contributed by atoms with E-state index in [2.05, 4.69) is 33.4 Å². The Morgan fingerprint density at radius 1 is 0.500 bits per heavy atom. The highest BCUT2D eigenvalue weighted by atomic mass is 28.4. The minimum Gasteiger partial charge on any atom is -0.377 e. The topological polar surface area (TPSA) is 138 Å². The van der Waals surface area contributed by atoms with E-state index in [0.29, 0.717) is 38.3 Å². The molecule has 0 aliphatic heterocycles. The van der Waals surface area contributed by atoms with Crippen LogP contribution in [0.1, 0.15) is 51.4 Å². The Hall–Kier alpha value is -1.79. The van der Waals surface area contributed by atoms with E-state index in [1.54, 1.807) is 42.7 Å². The van der Waals surface area contributed by atoms with Crippen LogP contribution >= 0.6 is 0 Å². The lowest BCUT2D eigenvalue weighted by Crippen LogP contribution is -2.43. The average molecular weight is 607 g/mol. The zero-order valence-electron chi connectivity index (χ0n) is 25.5. The lowest BCUT2D eigenvalue weighted by atomic mass is 10.1. The quantitative estimate of drug-likeness (QED) is 0.0703. The molecular formula is C26H54N4O8Si2. The summed E-state index contributed by atoms with van der Waals surface area (Å²) < 4.78 is 32.2. The fraction of sp³-hybridized carbons (Fsp3) is 0.769. The molecule has 0 aromatic carbocycles. The van der Waals surface area contributed by atoms with E-state index >= 15 is 0 Å². The molecule has 40 heavy (non-hydrogen) atoms. The highest BCUT2D eigenvalue weighted by Crippen LogP contribution is 2.15. The molecule has 0 aliphatic rings. The molecule has 0 saturated carbocycles. The van der Waals surface area contributed by atoms with Gasteiger partial charge in [-0.1, -0.05) is 37.1 Å². The molecule has 0 aromatic heterocycles. The highest BCUT2D eigenvalue weighted by molar-refractivity contribution is 6.60. The first kappa shape index (κ1) is 38.2. The SMILES string of the molecule is CO[Si](CCCNC(=O)NC/C=C/CCCCCC/C=C/CNC(=O)NCCC[Si](OC)(OC)OC)(OC)OC. The van der Waals surface area contributed by atoms with E-state index in [9.17, 15) is 9.59 Å². The monoisotopic (exact) mass is 606 g/mol. The van der Waals surface area contributed by atoms with Crippen molar-refractivity contribution in [2.75, 3.05) is 68.8 Å². The van der Waals surface area contributed by atoms with Crippen molar-refractivity contribution in [2.24, 2.45) is 0 Å². The van der Waals surface area contributed by atoms with Gasteiger partial charge < -0.3 is 47.8 Å². The first-order valence-corrected chi connectivity index (χ1v) is 17.9. The first-order valence-electron chi connectivity index (χ1n) is 14.0. The molecule has 14 heteroatoms. The Morgan fingerprint density at radius 3 is 1.18 bits per heavy atom. The van der Waals surface area contributed by atoms with Gasteiger partial charge in [-0.3, -0.25) is 0 Å². The predicted molar refractivity (Wildman–Crippen MR) is 161 cm³/mol. The van der Waals surface area contributed by atoms with Crippen molar-refractivity contribution in [3.05, 3.63) is 24.3 Å². The molecule has 12 nitrogen and oxygen atoms in total. The van der Waals surface area contributed by atoms with Gasteiger partial charge in [0.2, 0.25) is 0 Å². The molecule has 4 amide bonds. The third kappa shape index (κ3) is 18.5. The van der Waals surface area contributed by atoms with Gasteiger partial charge in [0.05, 0.1) is 0 Å². The molecule has 0 unspecified atom stereocenters. The fourth-order valence-corrected chi connectivity index (χ4v) is 7.28. The van der Waals surface area contributed by atoms with Crippen LogP contribution in [-0.4, -0.2) is 98.5 Å². The van der Waals surface area contributed by atoms with E-state index < -0.39 is 17.6 Å². The second-order valence-electron chi connectivity index (χ2n) is 9.01. The summed E-state index contributed by atoms with van der Waals surface area (Å²) in [6.45, 7) is 2.08. The molecule has 234 valence electrons. The number of rotatable bonds is 25. The molecule has 0 bridgehead atoms. The van der Waals surface area contributed by atoms with E-state index in [4.69, 9.17) is 26.6 Å². The second kappa shape index (κ2) is 25.0.